The van der Waals surface area contributed by atoms with Crippen LogP contribution in [0.5, 0.6) is 11.5 Å². The number of fused-ring (bicyclic) bond motifs is 1. The van der Waals surface area contributed by atoms with Gasteiger partial charge in [0.05, 0.1) is 11.6 Å². The number of rotatable bonds is 4. The van der Waals surface area contributed by atoms with E-state index in [-0.39, 0.29) is 25.2 Å². The zero-order valence-corrected chi connectivity index (χ0v) is 15.1. The second-order valence-electron chi connectivity index (χ2n) is 6.79. The smallest absolute Gasteiger partial charge is 0.308 e. The second-order valence-corrected chi connectivity index (χ2v) is 6.79. The normalized spacial score (nSPS) is 20.9. The van der Waals surface area contributed by atoms with E-state index >= 15 is 0 Å². The number of carboxylic acids is 1. The van der Waals surface area contributed by atoms with Crippen LogP contribution < -0.4 is 9.47 Å². The first-order chi connectivity index (χ1) is 13.0. The predicted octanol–water partition coefficient (Wildman–Crippen LogP) is 2.21. The van der Waals surface area contributed by atoms with E-state index in [0.29, 0.717) is 41.5 Å². The average molecular weight is 372 g/mol. The summed E-state index contributed by atoms with van der Waals surface area (Å²) in [4.78, 5) is 26.4. The van der Waals surface area contributed by atoms with Gasteiger partial charge in [-0.2, -0.15) is 0 Å². The highest BCUT2D eigenvalue weighted by Gasteiger charge is 2.42. The van der Waals surface area contributed by atoms with Gasteiger partial charge < -0.3 is 24.0 Å². The molecule has 1 N–H and O–H groups in total. The Morgan fingerprint density at radius 3 is 2.78 bits per heavy atom. The summed E-state index contributed by atoms with van der Waals surface area (Å²) in [6, 6.07) is 5.42. The number of carboxylic acid groups (broad SMARTS) is 1. The SMILES string of the molecule is CCc1noc(C)c1C(=O)N1C[C@@H](C(=O)O)[C@H](c2ccc3c(c2)OCO3)C1. The number of carbonyl (C=O) groups is 2. The third-order valence-electron chi connectivity index (χ3n) is 5.23. The van der Waals surface area contributed by atoms with Gasteiger partial charge in [-0.1, -0.05) is 18.1 Å². The Morgan fingerprint density at radius 1 is 1.26 bits per heavy atom. The van der Waals surface area contributed by atoms with Crippen molar-refractivity contribution in [2.24, 2.45) is 5.92 Å². The Balaban J connectivity index is 1.63. The van der Waals surface area contributed by atoms with Gasteiger partial charge in [-0.05, 0) is 31.0 Å². The van der Waals surface area contributed by atoms with Gasteiger partial charge in [0.15, 0.2) is 11.5 Å². The van der Waals surface area contributed by atoms with Crippen molar-refractivity contribution in [2.45, 2.75) is 26.2 Å². The minimum atomic E-state index is -0.925. The van der Waals surface area contributed by atoms with Gasteiger partial charge >= 0.3 is 5.97 Å². The van der Waals surface area contributed by atoms with Crippen LogP contribution >= 0.6 is 0 Å². The maximum Gasteiger partial charge on any atom is 0.308 e. The molecule has 27 heavy (non-hydrogen) atoms. The number of aryl methyl sites for hydroxylation is 2. The Kier molecular flexibility index (Phi) is 4.25. The molecule has 0 unspecified atom stereocenters. The molecule has 2 aliphatic heterocycles. The van der Waals surface area contributed by atoms with Crippen molar-refractivity contribution < 1.29 is 28.7 Å². The molecule has 1 amide bonds. The summed E-state index contributed by atoms with van der Waals surface area (Å²) in [5.74, 6) is -0.486. The summed E-state index contributed by atoms with van der Waals surface area (Å²) in [7, 11) is 0. The lowest BCUT2D eigenvalue weighted by atomic mass is 9.89. The van der Waals surface area contributed by atoms with Crippen molar-refractivity contribution in [3.63, 3.8) is 0 Å². The van der Waals surface area contributed by atoms with Crippen LogP contribution in [0, 0.1) is 12.8 Å². The van der Waals surface area contributed by atoms with Crippen LogP contribution in [0.2, 0.25) is 0 Å². The number of hydrogen-bond donors (Lipinski definition) is 1. The molecule has 1 aromatic carbocycles. The van der Waals surface area contributed by atoms with E-state index in [1.165, 1.54) is 0 Å². The quantitative estimate of drug-likeness (QED) is 0.878. The summed E-state index contributed by atoms with van der Waals surface area (Å²) in [6.45, 7) is 4.19. The van der Waals surface area contributed by atoms with E-state index in [1.54, 1.807) is 24.0 Å². The summed E-state index contributed by atoms with van der Waals surface area (Å²) in [6.07, 6.45) is 0.570. The summed E-state index contributed by atoms with van der Waals surface area (Å²) < 4.78 is 15.9. The van der Waals surface area contributed by atoms with Crippen LogP contribution in [0.4, 0.5) is 0 Å². The van der Waals surface area contributed by atoms with Gasteiger partial charge in [-0.15, -0.1) is 0 Å². The van der Waals surface area contributed by atoms with Gasteiger partial charge in [0.25, 0.3) is 5.91 Å². The molecule has 142 valence electrons. The van der Waals surface area contributed by atoms with E-state index in [4.69, 9.17) is 14.0 Å². The zero-order valence-electron chi connectivity index (χ0n) is 15.1. The summed E-state index contributed by atoms with van der Waals surface area (Å²) in [5.41, 5.74) is 1.85. The number of amides is 1. The van der Waals surface area contributed by atoms with Crippen LogP contribution in [0.1, 0.15) is 40.2 Å². The van der Waals surface area contributed by atoms with Gasteiger partial charge in [0.2, 0.25) is 6.79 Å². The third kappa shape index (κ3) is 2.90. The van der Waals surface area contributed by atoms with E-state index in [2.05, 4.69) is 5.16 Å². The number of benzene rings is 1. The largest absolute Gasteiger partial charge is 0.481 e. The van der Waals surface area contributed by atoms with Gasteiger partial charge in [-0.25, -0.2) is 0 Å². The lowest BCUT2D eigenvalue weighted by Crippen LogP contribution is -2.30. The third-order valence-corrected chi connectivity index (χ3v) is 5.23. The van der Waals surface area contributed by atoms with Crippen molar-refractivity contribution in [1.82, 2.24) is 10.1 Å². The first kappa shape index (κ1) is 17.4. The molecule has 2 aliphatic rings. The maximum absolute atomic E-state index is 13.0. The molecule has 0 bridgehead atoms. The fraction of sp³-hybridized carbons (Fsp3) is 0.421. The highest BCUT2D eigenvalue weighted by molar-refractivity contribution is 5.97. The molecule has 0 spiro atoms. The number of aliphatic carboxylic acids is 1. The zero-order chi connectivity index (χ0) is 19.1. The molecule has 0 aliphatic carbocycles. The first-order valence-corrected chi connectivity index (χ1v) is 8.86. The highest BCUT2D eigenvalue weighted by atomic mass is 16.7. The van der Waals surface area contributed by atoms with Crippen molar-refractivity contribution in [1.29, 1.82) is 0 Å². The number of carbonyl (C=O) groups excluding carboxylic acids is 1. The molecule has 0 saturated carbocycles. The molecule has 8 nitrogen and oxygen atoms in total. The molecule has 1 fully saturated rings. The monoisotopic (exact) mass is 372 g/mol. The molecule has 0 radical (unpaired) electrons. The Labute approximate surface area is 155 Å². The molecule has 1 saturated heterocycles. The van der Waals surface area contributed by atoms with E-state index in [0.717, 1.165) is 5.56 Å². The molecular weight excluding hydrogens is 352 g/mol. The van der Waals surface area contributed by atoms with E-state index in [9.17, 15) is 14.7 Å². The Hall–Kier alpha value is -3.03. The van der Waals surface area contributed by atoms with Crippen LogP contribution in [0.3, 0.4) is 0 Å². The maximum atomic E-state index is 13.0. The van der Waals surface area contributed by atoms with Crippen LogP contribution in [0.15, 0.2) is 22.7 Å². The topological polar surface area (TPSA) is 102 Å². The van der Waals surface area contributed by atoms with Crippen molar-refractivity contribution in [3.05, 3.63) is 40.8 Å². The molecule has 3 heterocycles. The summed E-state index contributed by atoms with van der Waals surface area (Å²) in [5, 5.41) is 13.6. The highest BCUT2D eigenvalue weighted by Crippen LogP contribution is 2.39. The van der Waals surface area contributed by atoms with Gasteiger partial charge in [0, 0.05) is 19.0 Å². The lowest BCUT2D eigenvalue weighted by Gasteiger charge is -2.17. The van der Waals surface area contributed by atoms with Crippen molar-refractivity contribution in [2.75, 3.05) is 19.9 Å². The van der Waals surface area contributed by atoms with Gasteiger partial charge in [-0.3, -0.25) is 9.59 Å². The molecule has 2 aromatic rings. The molecule has 4 rings (SSSR count). The van der Waals surface area contributed by atoms with Crippen LogP contribution in [-0.2, 0) is 11.2 Å². The molecular formula is C19H20N2O6. The minimum Gasteiger partial charge on any atom is -0.481 e. The van der Waals surface area contributed by atoms with E-state index < -0.39 is 11.9 Å². The number of aromatic nitrogens is 1. The fourth-order valence-corrected chi connectivity index (χ4v) is 3.79. The van der Waals surface area contributed by atoms with Gasteiger partial charge in [0.1, 0.15) is 11.3 Å². The number of nitrogens with zero attached hydrogens (tertiary/aromatic N) is 2. The van der Waals surface area contributed by atoms with E-state index in [1.807, 2.05) is 13.0 Å². The standard InChI is InChI=1S/C19H20N2O6/c1-3-14-17(10(2)27-20-14)18(22)21-7-12(13(8-21)19(23)24)11-4-5-15-16(6-11)26-9-25-15/h4-6,12-13H,3,7-9H2,1-2H3,(H,23,24)/t12-,13+/m0/s1. The molecule has 1 aromatic heterocycles. The van der Waals surface area contributed by atoms with Crippen molar-refractivity contribution in [3.8, 4) is 11.5 Å². The molecule has 8 heteroatoms. The predicted molar refractivity (Wildman–Crippen MR) is 93.0 cm³/mol. The minimum absolute atomic E-state index is 0.140. The summed E-state index contributed by atoms with van der Waals surface area (Å²) >= 11 is 0. The Bertz CT molecular complexity index is 906. The second kappa shape index (κ2) is 6.61. The average Bonchev–Trinajstić information content (AvgIpc) is 3.37. The fourth-order valence-electron chi connectivity index (χ4n) is 3.79. The van der Waals surface area contributed by atoms with Crippen LogP contribution in [0.25, 0.3) is 0 Å². The Morgan fingerprint density at radius 2 is 2.04 bits per heavy atom. The number of ether oxygens (including phenoxy) is 2. The number of likely N-dealkylation sites (tertiary alicyclic amines) is 1. The first-order valence-electron chi connectivity index (χ1n) is 8.86. The van der Waals surface area contributed by atoms with Crippen LogP contribution in [-0.4, -0.2) is 46.9 Å². The number of hydrogen-bond acceptors (Lipinski definition) is 6. The lowest BCUT2D eigenvalue weighted by molar-refractivity contribution is -0.141. The molecule has 2 atom stereocenters. The van der Waals surface area contributed by atoms with Crippen molar-refractivity contribution >= 4 is 11.9 Å².